The van der Waals surface area contributed by atoms with Gasteiger partial charge in [0, 0.05) is 24.8 Å². The second-order valence-corrected chi connectivity index (χ2v) is 10.5. The summed E-state index contributed by atoms with van der Waals surface area (Å²) in [5.74, 6) is 0.599. The van der Waals surface area contributed by atoms with E-state index in [2.05, 4.69) is 34.6 Å². The molecule has 7 heteroatoms. The van der Waals surface area contributed by atoms with Crippen LogP contribution in [-0.4, -0.2) is 35.1 Å². The lowest BCUT2D eigenvalue weighted by Crippen LogP contribution is -2.43. The first kappa shape index (κ1) is 23.4. The Hall–Kier alpha value is -3.37. The maximum absolute atomic E-state index is 12.8. The number of piperidine rings is 1. The highest BCUT2D eigenvalue weighted by Gasteiger charge is 2.28. The molecule has 1 atom stereocenters. The largest absolute Gasteiger partial charge is 0.490 e. The number of fused-ring (bicyclic) bond motifs is 1. The standard InChI is InChI=1S/C28H30N4O2S/c1-18(2)34-25-12-9-19(15-20(25)16-29)27-30-17-26(35-27)23-8-6-7-22-21(23)10-11-24(22)31-28(33)32-13-4-3-5-14-32/h6-9,12,15,17-18,24H,3-5,10-11,13-14H2,1-2H3,(H,31,33). The minimum atomic E-state index is 0.00746. The van der Waals surface area contributed by atoms with E-state index in [4.69, 9.17) is 4.74 Å². The van der Waals surface area contributed by atoms with Gasteiger partial charge in [0.1, 0.15) is 16.8 Å². The number of hydrogen-bond acceptors (Lipinski definition) is 5. The third kappa shape index (κ3) is 4.89. The summed E-state index contributed by atoms with van der Waals surface area (Å²) in [6.45, 7) is 5.61. The van der Waals surface area contributed by atoms with Crippen LogP contribution >= 0.6 is 11.3 Å². The van der Waals surface area contributed by atoms with Crippen molar-refractivity contribution in [1.82, 2.24) is 15.2 Å². The molecule has 1 aliphatic heterocycles. The third-order valence-corrected chi connectivity index (χ3v) is 7.77. The van der Waals surface area contributed by atoms with Crippen LogP contribution in [-0.2, 0) is 6.42 Å². The highest BCUT2D eigenvalue weighted by molar-refractivity contribution is 7.18. The number of thiazole rings is 1. The molecule has 0 spiro atoms. The van der Waals surface area contributed by atoms with Gasteiger partial charge in [-0.2, -0.15) is 5.26 Å². The van der Waals surface area contributed by atoms with Gasteiger partial charge in [0.15, 0.2) is 0 Å². The lowest BCUT2D eigenvalue weighted by atomic mass is 10.0. The van der Waals surface area contributed by atoms with Gasteiger partial charge in [-0.15, -0.1) is 11.3 Å². The predicted octanol–water partition coefficient (Wildman–Crippen LogP) is 6.32. The van der Waals surface area contributed by atoms with E-state index >= 15 is 0 Å². The number of ether oxygens (including phenoxy) is 1. The lowest BCUT2D eigenvalue weighted by Gasteiger charge is -2.28. The summed E-state index contributed by atoms with van der Waals surface area (Å²) in [5.41, 5.74) is 5.12. The number of hydrogen-bond donors (Lipinski definition) is 1. The number of nitrogens with one attached hydrogen (secondary N) is 1. The number of benzene rings is 2. The first-order valence-corrected chi connectivity index (χ1v) is 13.2. The normalized spacial score (nSPS) is 17.2. The monoisotopic (exact) mass is 486 g/mol. The molecule has 1 N–H and O–H groups in total. The average Bonchev–Trinajstić information content (AvgIpc) is 3.52. The van der Waals surface area contributed by atoms with E-state index in [1.54, 1.807) is 11.3 Å². The summed E-state index contributed by atoms with van der Waals surface area (Å²) in [7, 11) is 0. The van der Waals surface area contributed by atoms with Crippen molar-refractivity contribution in [1.29, 1.82) is 5.26 Å². The Balaban J connectivity index is 1.37. The van der Waals surface area contributed by atoms with Gasteiger partial charge in [0.05, 0.1) is 22.6 Å². The highest BCUT2D eigenvalue weighted by atomic mass is 32.1. The number of likely N-dealkylation sites (tertiary alicyclic amines) is 1. The van der Waals surface area contributed by atoms with E-state index in [0.717, 1.165) is 54.2 Å². The predicted molar refractivity (Wildman–Crippen MR) is 138 cm³/mol. The quantitative estimate of drug-likeness (QED) is 0.458. The van der Waals surface area contributed by atoms with Crippen LogP contribution in [0.5, 0.6) is 5.75 Å². The minimum absolute atomic E-state index is 0.00746. The molecule has 3 aromatic rings. The number of amides is 2. The molecule has 1 unspecified atom stereocenters. The number of nitriles is 1. The van der Waals surface area contributed by atoms with E-state index in [-0.39, 0.29) is 18.2 Å². The summed E-state index contributed by atoms with van der Waals surface area (Å²) >= 11 is 1.62. The Labute approximate surface area is 210 Å². The van der Waals surface area contributed by atoms with Crippen LogP contribution in [0, 0.1) is 11.3 Å². The molecule has 35 heavy (non-hydrogen) atoms. The van der Waals surface area contributed by atoms with Crippen LogP contribution in [0.2, 0.25) is 0 Å². The molecule has 5 rings (SSSR count). The van der Waals surface area contributed by atoms with E-state index in [0.29, 0.717) is 11.3 Å². The molecule has 2 aromatic carbocycles. The van der Waals surface area contributed by atoms with Crippen LogP contribution in [0.1, 0.15) is 62.3 Å². The minimum Gasteiger partial charge on any atom is -0.490 e. The van der Waals surface area contributed by atoms with Gasteiger partial charge in [-0.05, 0) is 80.8 Å². The Morgan fingerprint density at radius 1 is 1.23 bits per heavy atom. The van der Waals surface area contributed by atoms with E-state index in [1.807, 2.05) is 43.1 Å². The molecule has 2 heterocycles. The van der Waals surface area contributed by atoms with Gasteiger partial charge in [0.25, 0.3) is 0 Å². The Kier molecular flexibility index (Phi) is 6.74. The maximum atomic E-state index is 12.8. The summed E-state index contributed by atoms with van der Waals surface area (Å²) in [4.78, 5) is 20.5. The van der Waals surface area contributed by atoms with E-state index < -0.39 is 0 Å². The van der Waals surface area contributed by atoms with Crippen LogP contribution in [0.4, 0.5) is 4.79 Å². The van der Waals surface area contributed by atoms with Crippen LogP contribution in [0.15, 0.2) is 42.6 Å². The molecular formula is C28H30N4O2S. The molecule has 1 fully saturated rings. The number of urea groups is 1. The SMILES string of the molecule is CC(C)Oc1ccc(-c2ncc(-c3cccc4c3CCC4NC(=O)N3CCCCC3)s2)cc1C#N. The second-order valence-electron chi connectivity index (χ2n) is 9.48. The van der Waals surface area contributed by atoms with Crippen molar-refractivity contribution >= 4 is 17.4 Å². The molecule has 0 saturated carbocycles. The number of aromatic nitrogens is 1. The number of carbonyl (C=O) groups excluding carboxylic acids is 1. The third-order valence-electron chi connectivity index (χ3n) is 6.69. The molecule has 0 bridgehead atoms. The Morgan fingerprint density at radius 2 is 2.06 bits per heavy atom. The zero-order valence-electron chi connectivity index (χ0n) is 20.2. The zero-order chi connectivity index (χ0) is 24.4. The lowest BCUT2D eigenvalue weighted by molar-refractivity contribution is 0.182. The van der Waals surface area contributed by atoms with Gasteiger partial charge in [0.2, 0.25) is 0 Å². The molecule has 1 aliphatic carbocycles. The molecule has 1 aromatic heterocycles. The van der Waals surface area contributed by atoms with Crippen molar-refractivity contribution in [3.63, 3.8) is 0 Å². The van der Waals surface area contributed by atoms with Gasteiger partial charge >= 0.3 is 6.03 Å². The maximum Gasteiger partial charge on any atom is 0.317 e. The fraction of sp³-hybridized carbons (Fsp3) is 0.393. The summed E-state index contributed by atoms with van der Waals surface area (Å²) in [5, 5.41) is 13.7. The fourth-order valence-electron chi connectivity index (χ4n) is 5.01. The van der Waals surface area contributed by atoms with Gasteiger partial charge in [-0.3, -0.25) is 0 Å². The number of rotatable bonds is 5. The first-order chi connectivity index (χ1) is 17.0. The molecule has 2 amide bonds. The Morgan fingerprint density at radius 3 is 2.83 bits per heavy atom. The molecule has 1 saturated heterocycles. The summed E-state index contributed by atoms with van der Waals surface area (Å²) in [6.07, 6.45) is 7.17. The molecule has 6 nitrogen and oxygen atoms in total. The van der Waals surface area contributed by atoms with Gasteiger partial charge in [-0.25, -0.2) is 9.78 Å². The molecule has 180 valence electrons. The Bertz CT molecular complexity index is 1270. The second kappa shape index (κ2) is 10.1. The molecular weight excluding hydrogens is 456 g/mol. The summed E-state index contributed by atoms with van der Waals surface area (Å²) < 4.78 is 5.76. The van der Waals surface area contributed by atoms with Gasteiger partial charge < -0.3 is 15.0 Å². The van der Waals surface area contributed by atoms with E-state index in [1.165, 1.54) is 23.1 Å². The van der Waals surface area contributed by atoms with Crippen LogP contribution in [0.25, 0.3) is 21.0 Å². The number of nitrogens with zero attached hydrogens (tertiary/aromatic N) is 3. The van der Waals surface area contributed by atoms with Crippen LogP contribution in [0.3, 0.4) is 0 Å². The summed E-state index contributed by atoms with van der Waals surface area (Å²) in [6, 6.07) is 14.4. The van der Waals surface area contributed by atoms with Crippen LogP contribution < -0.4 is 10.1 Å². The van der Waals surface area contributed by atoms with Crippen molar-refractivity contribution < 1.29 is 9.53 Å². The molecule has 2 aliphatic rings. The number of carbonyl (C=O) groups is 1. The van der Waals surface area contributed by atoms with Gasteiger partial charge in [-0.1, -0.05) is 18.2 Å². The molecule has 0 radical (unpaired) electrons. The topological polar surface area (TPSA) is 78.2 Å². The average molecular weight is 487 g/mol. The first-order valence-electron chi connectivity index (χ1n) is 12.4. The fourth-order valence-corrected chi connectivity index (χ4v) is 5.98. The van der Waals surface area contributed by atoms with Crippen molar-refractivity contribution in [2.24, 2.45) is 0 Å². The van der Waals surface area contributed by atoms with Crippen molar-refractivity contribution in [2.45, 2.75) is 58.1 Å². The smallest absolute Gasteiger partial charge is 0.317 e. The van der Waals surface area contributed by atoms with Crippen molar-refractivity contribution in [2.75, 3.05) is 13.1 Å². The van der Waals surface area contributed by atoms with Crippen molar-refractivity contribution in [3.8, 4) is 32.8 Å². The zero-order valence-corrected chi connectivity index (χ0v) is 21.0. The highest BCUT2D eigenvalue weighted by Crippen LogP contribution is 2.41. The van der Waals surface area contributed by atoms with E-state index in [9.17, 15) is 10.1 Å². The van der Waals surface area contributed by atoms with Crippen molar-refractivity contribution in [3.05, 3.63) is 59.3 Å².